The van der Waals surface area contributed by atoms with Crippen molar-refractivity contribution in [1.29, 1.82) is 0 Å². The monoisotopic (exact) mass is 328 g/mol. The van der Waals surface area contributed by atoms with Crippen molar-refractivity contribution in [3.05, 3.63) is 42.4 Å². The number of amides is 2. The summed E-state index contributed by atoms with van der Waals surface area (Å²) in [7, 11) is 3.93. The Hall–Kier alpha value is -2.41. The largest absolute Gasteiger partial charge is 0.324 e. The summed E-state index contributed by atoms with van der Waals surface area (Å²) in [6.45, 7) is 3.45. The third-order valence-electron chi connectivity index (χ3n) is 4.37. The number of likely N-dealkylation sites (tertiary alicyclic amines) is 1. The van der Waals surface area contributed by atoms with E-state index in [0.717, 1.165) is 38.4 Å². The zero-order valence-corrected chi connectivity index (χ0v) is 14.2. The number of hydrogen-bond acceptors (Lipinski definition) is 4. The van der Waals surface area contributed by atoms with Crippen LogP contribution in [-0.2, 0) is 13.6 Å². The van der Waals surface area contributed by atoms with E-state index in [4.69, 9.17) is 0 Å². The summed E-state index contributed by atoms with van der Waals surface area (Å²) in [6, 6.07) is 5.80. The Bertz CT molecular complexity index is 671. The van der Waals surface area contributed by atoms with Gasteiger partial charge in [-0.05, 0) is 31.0 Å². The van der Waals surface area contributed by atoms with Crippen LogP contribution in [0.4, 0.5) is 10.6 Å². The molecule has 0 spiro atoms. The van der Waals surface area contributed by atoms with Crippen molar-refractivity contribution in [3.63, 3.8) is 0 Å². The average Bonchev–Trinajstić information content (AvgIpc) is 3.18. The molecule has 0 saturated carbocycles. The number of urea groups is 1. The Morgan fingerprint density at radius 2 is 2.29 bits per heavy atom. The summed E-state index contributed by atoms with van der Waals surface area (Å²) in [4.78, 5) is 20.7. The lowest BCUT2D eigenvalue weighted by molar-refractivity contribution is 0.216. The molecule has 1 unspecified atom stereocenters. The number of nitrogens with one attached hydrogen (secondary N) is 1. The number of rotatable bonds is 5. The van der Waals surface area contributed by atoms with E-state index >= 15 is 0 Å². The Morgan fingerprint density at radius 1 is 1.42 bits per heavy atom. The van der Waals surface area contributed by atoms with Gasteiger partial charge in [0.25, 0.3) is 0 Å². The highest BCUT2D eigenvalue weighted by Gasteiger charge is 2.27. The molecule has 7 nitrogen and oxygen atoms in total. The smallest absolute Gasteiger partial charge is 0.323 e. The molecule has 1 aliphatic rings. The molecule has 0 aliphatic carbocycles. The molecule has 1 saturated heterocycles. The Balaban J connectivity index is 1.46. The van der Waals surface area contributed by atoms with Crippen LogP contribution in [0.15, 0.2) is 36.8 Å². The van der Waals surface area contributed by atoms with Gasteiger partial charge >= 0.3 is 6.03 Å². The predicted molar refractivity (Wildman–Crippen MR) is 92.5 cm³/mol. The van der Waals surface area contributed by atoms with Crippen LogP contribution in [0.2, 0.25) is 0 Å². The number of pyridine rings is 1. The fourth-order valence-corrected chi connectivity index (χ4v) is 3.16. The van der Waals surface area contributed by atoms with Crippen LogP contribution >= 0.6 is 0 Å². The van der Waals surface area contributed by atoms with E-state index < -0.39 is 0 Å². The third-order valence-corrected chi connectivity index (χ3v) is 4.37. The first-order chi connectivity index (χ1) is 11.6. The van der Waals surface area contributed by atoms with Crippen LogP contribution in [-0.4, -0.2) is 57.3 Å². The number of nitrogens with zero attached hydrogens (tertiary/aromatic N) is 5. The summed E-state index contributed by atoms with van der Waals surface area (Å²) in [6.07, 6.45) is 6.41. The number of anilines is 1. The standard InChI is InChI=1S/C17H24N6O/c1-21(11-14-4-3-7-18-10-14)12-15-6-9-23(13-15)17(24)20-16-5-8-19-22(16)2/h3-5,7-8,10,15H,6,9,11-13H2,1-2H3,(H,20,24). The second-order valence-electron chi connectivity index (χ2n) is 6.43. The number of aromatic nitrogens is 3. The summed E-state index contributed by atoms with van der Waals surface area (Å²) in [5, 5.41) is 6.97. The highest BCUT2D eigenvalue weighted by Crippen LogP contribution is 2.19. The van der Waals surface area contributed by atoms with E-state index in [0.29, 0.717) is 5.92 Å². The van der Waals surface area contributed by atoms with Crippen LogP contribution in [0.5, 0.6) is 0 Å². The summed E-state index contributed by atoms with van der Waals surface area (Å²) >= 11 is 0. The van der Waals surface area contributed by atoms with Crippen molar-refractivity contribution >= 4 is 11.8 Å². The zero-order valence-electron chi connectivity index (χ0n) is 14.2. The highest BCUT2D eigenvalue weighted by atomic mass is 16.2. The fourth-order valence-electron chi connectivity index (χ4n) is 3.16. The van der Waals surface area contributed by atoms with E-state index in [-0.39, 0.29) is 6.03 Å². The van der Waals surface area contributed by atoms with Gasteiger partial charge in [0.15, 0.2) is 0 Å². The molecule has 0 aromatic carbocycles. The number of carbonyl (C=O) groups excluding carboxylic acids is 1. The molecule has 1 N–H and O–H groups in total. The lowest BCUT2D eigenvalue weighted by atomic mass is 10.1. The minimum atomic E-state index is -0.0454. The van der Waals surface area contributed by atoms with Gasteiger partial charge in [0, 0.05) is 51.7 Å². The van der Waals surface area contributed by atoms with E-state index in [1.165, 1.54) is 5.56 Å². The molecular weight excluding hydrogens is 304 g/mol. The van der Waals surface area contributed by atoms with Gasteiger partial charge in [-0.3, -0.25) is 15.0 Å². The molecule has 2 aromatic rings. The summed E-state index contributed by atoms with van der Waals surface area (Å²) in [5.74, 6) is 1.22. The Kier molecular flexibility index (Phi) is 5.10. The molecule has 24 heavy (non-hydrogen) atoms. The van der Waals surface area contributed by atoms with Crippen LogP contribution in [0.1, 0.15) is 12.0 Å². The van der Waals surface area contributed by atoms with E-state index in [1.807, 2.05) is 24.2 Å². The minimum Gasteiger partial charge on any atom is -0.324 e. The molecule has 1 fully saturated rings. The quantitative estimate of drug-likeness (QED) is 0.909. The topological polar surface area (TPSA) is 66.3 Å². The normalized spacial score (nSPS) is 17.5. The van der Waals surface area contributed by atoms with Gasteiger partial charge in [-0.1, -0.05) is 6.07 Å². The van der Waals surface area contributed by atoms with E-state index in [2.05, 4.69) is 33.4 Å². The van der Waals surface area contributed by atoms with Crippen molar-refractivity contribution in [1.82, 2.24) is 24.6 Å². The van der Waals surface area contributed by atoms with Gasteiger partial charge < -0.3 is 9.80 Å². The second-order valence-corrected chi connectivity index (χ2v) is 6.43. The van der Waals surface area contributed by atoms with Crippen LogP contribution in [0.3, 0.4) is 0 Å². The van der Waals surface area contributed by atoms with Crippen LogP contribution in [0, 0.1) is 5.92 Å². The molecule has 0 bridgehead atoms. The summed E-state index contributed by atoms with van der Waals surface area (Å²) in [5.41, 5.74) is 1.21. The maximum absolute atomic E-state index is 12.3. The van der Waals surface area contributed by atoms with Gasteiger partial charge in [0.2, 0.25) is 0 Å². The molecule has 0 radical (unpaired) electrons. The lowest BCUT2D eigenvalue weighted by Gasteiger charge is -2.21. The first-order valence-electron chi connectivity index (χ1n) is 8.23. The number of carbonyl (C=O) groups is 1. The SMILES string of the molecule is CN(Cc1cccnc1)CC1CCN(C(=O)Nc2ccnn2C)C1. The van der Waals surface area contributed by atoms with Crippen LogP contribution in [0.25, 0.3) is 0 Å². The molecule has 128 valence electrons. The van der Waals surface area contributed by atoms with Crippen molar-refractivity contribution in [2.45, 2.75) is 13.0 Å². The van der Waals surface area contributed by atoms with Gasteiger partial charge in [-0.25, -0.2) is 4.79 Å². The second kappa shape index (κ2) is 7.44. The molecule has 3 heterocycles. The van der Waals surface area contributed by atoms with Crippen molar-refractivity contribution < 1.29 is 4.79 Å². The number of hydrogen-bond donors (Lipinski definition) is 1. The first-order valence-corrected chi connectivity index (χ1v) is 8.23. The van der Waals surface area contributed by atoms with Crippen molar-refractivity contribution in [3.8, 4) is 0 Å². The number of aryl methyl sites for hydroxylation is 1. The zero-order chi connectivity index (χ0) is 16.9. The minimum absolute atomic E-state index is 0.0454. The highest BCUT2D eigenvalue weighted by molar-refractivity contribution is 5.88. The Labute approximate surface area is 142 Å². The molecule has 1 atom stereocenters. The predicted octanol–water partition coefficient (Wildman–Crippen LogP) is 1.80. The van der Waals surface area contributed by atoms with Crippen molar-refractivity contribution in [2.24, 2.45) is 13.0 Å². The first kappa shape index (κ1) is 16.4. The molecule has 1 aliphatic heterocycles. The van der Waals surface area contributed by atoms with Gasteiger partial charge in [-0.15, -0.1) is 0 Å². The summed E-state index contributed by atoms with van der Waals surface area (Å²) < 4.78 is 1.66. The van der Waals surface area contributed by atoms with Gasteiger partial charge in [0.05, 0.1) is 6.20 Å². The van der Waals surface area contributed by atoms with Crippen LogP contribution < -0.4 is 5.32 Å². The maximum Gasteiger partial charge on any atom is 0.323 e. The molecule has 2 aromatic heterocycles. The molecule has 7 heteroatoms. The van der Waals surface area contributed by atoms with E-state index in [9.17, 15) is 4.79 Å². The third kappa shape index (κ3) is 4.11. The lowest BCUT2D eigenvalue weighted by Crippen LogP contribution is -2.35. The molecule has 2 amide bonds. The molecular formula is C17H24N6O. The fraction of sp³-hybridized carbons (Fsp3) is 0.471. The Morgan fingerprint density at radius 3 is 3.00 bits per heavy atom. The maximum atomic E-state index is 12.3. The van der Waals surface area contributed by atoms with Gasteiger partial charge in [-0.2, -0.15) is 5.10 Å². The molecule has 3 rings (SSSR count). The van der Waals surface area contributed by atoms with Gasteiger partial charge in [0.1, 0.15) is 5.82 Å². The van der Waals surface area contributed by atoms with E-state index in [1.54, 1.807) is 23.1 Å². The van der Waals surface area contributed by atoms with Crippen molar-refractivity contribution in [2.75, 3.05) is 32.0 Å². The average molecular weight is 328 g/mol.